The Kier molecular flexibility index (Phi) is 6.00. The molecule has 0 radical (unpaired) electrons. The average molecular weight is 342 g/mol. The Bertz CT molecular complexity index is 671. The number of aromatic nitrogens is 3. The van der Waals surface area contributed by atoms with Gasteiger partial charge in [0.25, 0.3) is 0 Å². The Labute approximate surface area is 148 Å². The van der Waals surface area contributed by atoms with Crippen molar-refractivity contribution < 1.29 is 4.79 Å². The highest BCUT2D eigenvalue weighted by atomic mass is 16.2. The molecule has 0 spiro atoms. The van der Waals surface area contributed by atoms with Gasteiger partial charge in [-0.25, -0.2) is 4.79 Å². The van der Waals surface area contributed by atoms with Crippen LogP contribution in [-0.4, -0.2) is 44.8 Å². The molecule has 25 heavy (non-hydrogen) atoms. The van der Waals surface area contributed by atoms with Crippen molar-refractivity contribution in [2.75, 3.05) is 13.1 Å². The molecule has 1 aliphatic rings. The number of nitrogens with zero attached hydrogens (tertiary/aromatic N) is 4. The number of carbonyl (C=O) groups excluding carboxylic acids is 1. The van der Waals surface area contributed by atoms with E-state index in [1.807, 2.05) is 34.6 Å². The van der Waals surface area contributed by atoms with Crippen LogP contribution in [0.3, 0.4) is 0 Å². The molecule has 2 heterocycles. The van der Waals surface area contributed by atoms with Crippen LogP contribution in [0.4, 0.5) is 4.79 Å². The van der Waals surface area contributed by atoms with Gasteiger partial charge in [0.1, 0.15) is 6.33 Å². The largest absolute Gasteiger partial charge is 0.331 e. The maximum atomic E-state index is 12.4. The highest BCUT2D eigenvalue weighted by Crippen LogP contribution is 2.11. The van der Waals surface area contributed by atoms with Gasteiger partial charge in [0.2, 0.25) is 0 Å². The minimum Gasteiger partial charge on any atom is -0.331 e. The first-order chi connectivity index (χ1) is 12.3. The van der Waals surface area contributed by atoms with E-state index in [9.17, 15) is 4.79 Å². The smallest absolute Gasteiger partial charge is 0.317 e. The van der Waals surface area contributed by atoms with Crippen LogP contribution < -0.4 is 10.6 Å². The molecule has 2 N–H and O–H groups in total. The Morgan fingerprint density at radius 1 is 1.28 bits per heavy atom. The second-order valence-electron chi connectivity index (χ2n) is 6.34. The summed E-state index contributed by atoms with van der Waals surface area (Å²) in [5, 5.41) is 14.5. The fraction of sp³-hybridized carbons (Fsp3) is 0.500. The molecule has 7 nitrogen and oxygen atoms in total. The number of hydrogen-bond donors (Lipinski definition) is 2. The Balaban J connectivity index is 1.46. The zero-order chi connectivity index (χ0) is 17.5. The van der Waals surface area contributed by atoms with Gasteiger partial charge in [0.05, 0.1) is 6.54 Å². The summed E-state index contributed by atoms with van der Waals surface area (Å²) in [7, 11) is 0. The molecule has 7 heteroatoms. The first-order valence-electron chi connectivity index (χ1n) is 8.93. The molecule has 1 unspecified atom stereocenters. The van der Waals surface area contributed by atoms with Gasteiger partial charge in [-0.3, -0.25) is 0 Å². The summed E-state index contributed by atoms with van der Waals surface area (Å²) in [6.07, 6.45) is 3.80. The van der Waals surface area contributed by atoms with E-state index in [1.54, 1.807) is 6.33 Å². The lowest BCUT2D eigenvalue weighted by Gasteiger charge is -2.33. The predicted molar refractivity (Wildman–Crippen MR) is 95.8 cm³/mol. The molecule has 1 fully saturated rings. The van der Waals surface area contributed by atoms with Gasteiger partial charge in [0.15, 0.2) is 5.82 Å². The Morgan fingerprint density at radius 3 is 2.92 bits per heavy atom. The monoisotopic (exact) mass is 342 g/mol. The molecule has 134 valence electrons. The number of nitrogens with one attached hydrogen (secondary N) is 2. The molecule has 1 atom stereocenters. The van der Waals surface area contributed by atoms with Crippen LogP contribution in [0.15, 0.2) is 36.7 Å². The van der Waals surface area contributed by atoms with Crippen molar-refractivity contribution in [2.45, 2.75) is 45.4 Å². The normalized spacial score (nSPS) is 17.5. The van der Waals surface area contributed by atoms with E-state index in [0.29, 0.717) is 12.6 Å². The van der Waals surface area contributed by atoms with E-state index in [0.717, 1.165) is 44.8 Å². The number of rotatable bonds is 6. The number of benzene rings is 1. The van der Waals surface area contributed by atoms with Crippen molar-refractivity contribution >= 4 is 6.03 Å². The van der Waals surface area contributed by atoms with E-state index in [2.05, 4.69) is 33.0 Å². The minimum absolute atomic E-state index is 0.0307. The Hall–Kier alpha value is -2.41. The van der Waals surface area contributed by atoms with E-state index < -0.39 is 0 Å². The fourth-order valence-corrected chi connectivity index (χ4v) is 3.13. The molecule has 1 aromatic heterocycles. The van der Waals surface area contributed by atoms with Crippen molar-refractivity contribution in [3.05, 3.63) is 48.0 Å². The lowest BCUT2D eigenvalue weighted by molar-refractivity contribution is 0.172. The summed E-state index contributed by atoms with van der Waals surface area (Å²) in [5.41, 5.74) is 1.27. The average Bonchev–Trinajstić information content (AvgIpc) is 3.13. The van der Waals surface area contributed by atoms with E-state index in [-0.39, 0.29) is 6.03 Å². The topological polar surface area (TPSA) is 75.1 Å². The maximum Gasteiger partial charge on any atom is 0.317 e. The molecule has 2 amide bonds. The zero-order valence-corrected chi connectivity index (χ0v) is 14.7. The van der Waals surface area contributed by atoms with Gasteiger partial charge >= 0.3 is 6.03 Å². The van der Waals surface area contributed by atoms with Gasteiger partial charge in [-0.15, -0.1) is 10.2 Å². The van der Waals surface area contributed by atoms with Crippen molar-refractivity contribution in [1.82, 2.24) is 30.3 Å². The summed E-state index contributed by atoms with van der Waals surface area (Å²) in [6.45, 7) is 5.61. The number of piperidine rings is 1. The first kappa shape index (κ1) is 17.4. The second kappa shape index (κ2) is 8.62. The van der Waals surface area contributed by atoms with Gasteiger partial charge in [-0.1, -0.05) is 30.3 Å². The molecule has 2 aromatic rings. The van der Waals surface area contributed by atoms with Crippen LogP contribution in [0, 0.1) is 0 Å². The third-order valence-corrected chi connectivity index (χ3v) is 4.58. The van der Waals surface area contributed by atoms with Crippen LogP contribution in [0.25, 0.3) is 0 Å². The summed E-state index contributed by atoms with van der Waals surface area (Å²) < 4.78 is 1.93. The van der Waals surface area contributed by atoms with Crippen LogP contribution in [0.2, 0.25) is 0 Å². The van der Waals surface area contributed by atoms with Crippen LogP contribution in [0.1, 0.15) is 31.2 Å². The van der Waals surface area contributed by atoms with Crippen LogP contribution in [-0.2, 0) is 19.6 Å². The zero-order valence-electron chi connectivity index (χ0n) is 14.7. The SMILES string of the molecule is CCn1cnnc1CNC(=O)N1CCCC(NCc2ccccc2)C1. The number of urea groups is 1. The minimum atomic E-state index is -0.0307. The third-order valence-electron chi connectivity index (χ3n) is 4.58. The molecular formula is C18H26N6O. The van der Waals surface area contributed by atoms with E-state index in [4.69, 9.17) is 0 Å². The van der Waals surface area contributed by atoms with Crippen LogP contribution >= 0.6 is 0 Å². The lowest BCUT2D eigenvalue weighted by atomic mass is 10.1. The van der Waals surface area contributed by atoms with Gasteiger partial charge < -0.3 is 20.1 Å². The highest BCUT2D eigenvalue weighted by molar-refractivity contribution is 5.74. The first-order valence-corrected chi connectivity index (χ1v) is 8.93. The maximum absolute atomic E-state index is 12.4. The number of amides is 2. The summed E-state index contributed by atoms with van der Waals surface area (Å²) >= 11 is 0. The van der Waals surface area contributed by atoms with Crippen molar-refractivity contribution in [1.29, 1.82) is 0 Å². The lowest BCUT2D eigenvalue weighted by Crippen LogP contribution is -2.50. The van der Waals surface area contributed by atoms with Crippen molar-refractivity contribution in [3.63, 3.8) is 0 Å². The van der Waals surface area contributed by atoms with E-state index in [1.165, 1.54) is 5.56 Å². The number of likely N-dealkylation sites (tertiary alicyclic amines) is 1. The molecule has 0 saturated carbocycles. The number of carbonyl (C=O) groups is 1. The summed E-state index contributed by atoms with van der Waals surface area (Å²) in [6, 6.07) is 10.7. The molecular weight excluding hydrogens is 316 g/mol. The number of aryl methyl sites for hydroxylation is 1. The van der Waals surface area contributed by atoms with Crippen molar-refractivity contribution in [2.24, 2.45) is 0 Å². The predicted octanol–water partition coefficient (Wildman–Crippen LogP) is 1.76. The Morgan fingerprint density at radius 2 is 2.12 bits per heavy atom. The molecule has 0 aliphatic carbocycles. The highest BCUT2D eigenvalue weighted by Gasteiger charge is 2.23. The summed E-state index contributed by atoms with van der Waals surface area (Å²) in [5.74, 6) is 0.784. The molecule has 1 aromatic carbocycles. The molecule has 3 rings (SSSR count). The fourth-order valence-electron chi connectivity index (χ4n) is 3.13. The quantitative estimate of drug-likeness (QED) is 0.839. The second-order valence-corrected chi connectivity index (χ2v) is 6.34. The van der Waals surface area contributed by atoms with Gasteiger partial charge in [-0.2, -0.15) is 0 Å². The van der Waals surface area contributed by atoms with Crippen molar-refractivity contribution in [3.8, 4) is 0 Å². The number of hydrogen-bond acceptors (Lipinski definition) is 4. The molecule has 0 bridgehead atoms. The molecule has 1 saturated heterocycles. The van der Waals surface area contributed by atoms with Crippen LogP contribution in [0.5, 0.6) is 0 Å². The van der Waals surface area contributed by atoms with Gasteiger partial charge in [-0.05, 0) is 25.3 Å². The summed E-state index contributed by atoms with van der Waals surface area (Å²) in [4.78, 5) is 14.3. The third kappa shape index (κ3) is 4.79. The standard InChI is InChI=1S/C18H26N6O/c1-2-23-14-21-22-17(23)12-20-18(25)24-10-6-9-16(13-24)19-11-15-7-4-3-5-8-15/h3-5,7-8,14,16,19H,2,6,9-13H2,1H3,(H,20,25). The molecule has 1 aliphatic heterocycles. The van der Waals surface area contributed by atoms with Gasteiger partial charge in [0, 0.05) is 32.2 Å². The van der Waals surface area contributed by atoms with E-state index >= 15 is 0 Å².